The number of hydrogen-bond acceptors (Lipinski definition) is 8. The first-order valence-corrected chi connectivity index (χ1v) is 12.6. The Bertz CT molecular complexity index is 1680. The van der Waals surface area contributed by atoms with Gasteiger partial charge in [0.25, 0.3) is 17.6 Å². The zero-order chi connectivity index (χ0) is 29.5. The van der Waals surface area contributed by atoms with Crippen molar-refractivity contribution < 1.29 is 27.6 Å². The number of alkyl halides is 3. The summed E-state index contributed by atoms with van der Waals surface area (Å²) in [6.07, 6.45) is -1.71. The Hall–Kier alpha value is -4.66. The van der Waals surface area contributed by atoms with Gasteiger partial charge < -0.3 is 10.6 Å². The van der Waals surface area contributed by atoms with Crippen LogP contribution in [0.4, 0.5) is 18.9 Å². The zero-order valence-electron chi connectivity index (χ0n) is 21.5. The minimum Gasteiger partial charge on any atom is -0.349 e. The molecule has 0 spiro atoms. The molecule has 0 saturated heterocycles. The van der Waals surface area contributed by atoms with E-state index in [9.17, 15) is 27.6 Å². The Morgan fingerprint density at radius 3 is 2.51 bits per heavy atom. The van der Waals surface area contributed by atoms with Crippen molar-refractivity contribution in [3.05, 3.63) is 75.5 Å². The molecule has 1 aliphatic carbocycles. The number of amides is 2. The number of pyridine rings is 1. The highest BCUT2D eigenvalue weighted by Gasteiger charge is 2.37. The number of nitrogens with zero attached hydrogens (tertiary/aromatic N) is 7. The predicted molar refractivity (Wildman–Crippen MR) is 138 cm³/mol. The van der Waals surface area contributed by atoms with E-state index in [2.05, 4.69) is 36.1 Å². The molecule has 12 nitrogen and oxygen atoms in total. The fourth-order valence-corrected chi connectivity index (χ4v) is 4.14. The van der Waals surface area contributed by atoms with Crippen molar-refractivity contribution in [2.24, 2.45) is 0 Å². The summed E-state index contributed by atoms with van der Waals surface area (Å²) in [4.78, 5) is 43.6. The number of benzene rings is 1. The molecule has 0 radical (unpaired) electrons. The first kappa shape index (κ1) is 27.9. The van der Waals surface area contributed by atoms with Crippen molar-refractivity contribution in [3.63, 3.8) is 0 Å². The monoisotopic (exact) mass is 587 g/mol. The van der Waals surface area contributed by atoms with Crippen LogP contribution in [0.2, 0.25) is 5.02 Å². The van der Waals surface area contributed by atoms with Gasteiger partial charge in [-0.25, -0.2) is 9.67 Å². The van der Waals surface area contributed by atoms with Gasteiger partial charge in [0.2, 0.25) is 0 Å². The number of rotatable bonds is 8. The van der Waals surface area contributed by atoms with E-state index in [-0.39, 0.29) is 51.8 Å². The summed E-state index contributed by atoms with van der Waals surface area (Å²) in [5.74, 6) is -2.79. The maximum absolute atomic E-state index is 13.7. The third kappa shape index (κ3) is 6.09. The van der Waals surface area contributed by atoms with E-state index in [4.69, 9.17) is 11.6 Å². The average molecular weight is 588 g/mol. The van der Waals surface area contributed by atoms with E-state index in [0.717, 1.165) is 17.5 Å². The quantitative estimate of drug-likeness (QED) is 0.297. The number of carbonyl (C=O) groups is 3. The van der Waals surface area contributed by atoms with Crippen LogP contribution >= 0.6 is 11.6 Å². The second-order valence-corrected chi connectivity index (χ2v) is 9.76. The lowest BCUT2D eigenvalue weighted by Gasteiger charge is -2.16. The Balaban J connectivity index is 1.53. The van der Waals surface area contributed by atoms with Crippen molar-refractivity contribution in [1.82, 2.24) is 40.3 Å². The van der Waals surface area contributed by atoms with E-state index >= 15 is 0 Å². The van der Waals surface area contributed by atoms with Crippen LogP contribution in [0.15, 0.2) is 36.5 Å². The average Bonchev–Trinajstić information content (AvgIpc) is 3.41. The molecule has 16 heteroatoms. The summed E-state index contributed by atoms with van der Waals surface area (Å²) in [5.41, 5.74) is 1.03. The first-order valence-electron chi connectivity index (χ1n) is 12.2. The van der Waals surface area contributed by atoms with Gasteiger partial charge in [0.1, 0.15) is 12.2 Å². The molecule has 2 N–H and O–H groups in total. The van der Waals surface area contributed by atoms with Gasteiger partial charge in [-0.05, 0) is 67.8 Å². The third-order valence-electron chi connectivity index (χ3n) is 6.08. The van der Waals surface area contributed by atoms with Gasteiger partial charge in [0.05, 0.1) is 22.0 Å². The number of aryl methyl sites for hydroxylation is 1. The van der Waals surface area contributed by atoms with Crippen molar-refractivity contribution in [3.8, 4) is 5.82 Å². The molecule has 1 aromatic carbocycles. The third-order valence-corrected chi connectivity index (χ3v) is 6.37. The van der Waals surface area contributed by atoms with Crippen molar-refractivity contribution in [2.75, 3.05) is 5.32 Å². The van der Waals surface area contributed by atoms with Crippen molar-refractivity contribution >= 4 is 34.9 Å². The highest BCUT2D eigenvalue weighted by atomic mass is 35.5. The molecule has 5 rings (SSSR count). The van der Waals surface area contributed by atoms with E-state index < -0.39 is 23.8 Å². The molecule has 41 heavy (non-hydrogen) atoms. The zero-order valence-corrected chi connectivity index (χ0v) is 22.3. The highest BCUT2D eigenvalue weighted by Crippen LogP contribution is 2.28. The number of carbonyl (C=O) groups excluding carboxylic acids is 3. The Morgan fingerprint density at radius 2 is 1.88 bits per heavy atom. The molecule has 1 aliphatic rings. The topological polar surface area (TPSA) is 150 Å². The molecule has 1 fully saturated rings. The van der Waals surface area contributed by atoms with Crippen LogP contribution in [0.5, 0.6) is 0 Å². The second kappa shape index (κ2) is 10.7. The normalized spacial score (nSPS) is 13.2. The number of hydrogen-bond donors (Lipinski definition) is 2. The van der Waals surface area contributed by atoms with E-state index in [0.29, 0.717) is 15.9 Å². The molecule has 3 heterocycles. The number of anilines is 1. The smallest absolute Gasteiger partial charge is 0.349 e. The summed E-state index contributed by atoms with van der Waals surface area (Å²) >= 11 is 6.31. The number of aromatic nitrogens is 7. The molecule has 2 amide bonds. The molecule has 0 bridgehead atoms. The minimum atomic E-state index is -4.79. The maximum atomic E-state index is 13.7. The summed E-state index contributed by atoms with van der Waals surface area (Å²) in [5, 5.41) is 19.8. The van der Waals surface area contributed by atoms with E-state index in [1.807, 2.05) is 0 Å². The molecule has 0 unspecified atom stereocenters. The summed E-state index contributed by atoms with van der Waals surface area (Å²) in [6, 6.07) is 7.38. The van der Waals surface area contributed by atoms with E-state index in [1.165, 1.54) is 31.3 Å². The van der Waals surface area contributed by atoms with Crippen LogP contribution in [-0.4, -0.2) is 58.6 Å². The van der Waals surface area contributed by atoms with Crippen LogP contribution in [0, 0.1) is 6.92 Å². The number of tetrazole rings is 1. The Morgan fingerprint density at radius 1 is 1.12 bits per heavy atom. The SMILES string of the molecule is CC(=O)c1cc(C)c(NC(=O)c2cc(Cn3nnc(C(F)(F)F)n3)nn2-c2ncccc2Cl)c(C(=O)NC2CC2)c1. The van der Waals surface area contributed by atoms with Gasteiger partial charge in [-0.2, -0.15) is 23.1 Å². The molecule has 1 saturated carbocycles. The van der Waals surface area contributed by atoms with Crippen molar-refractivity contribution in [1.29, 1.82) is 0 Å². The van der Waals surface area contributed by atoms with Crippen LogP contribution in [0.1, 0.15) is 68.1 Å². The van der Waals surface area contributed by atoms with Gasteiger partial charge in [0.15, 0.2) is 11.6 Å². The summed E-state index contributed by atoms with van der Waals surface area (Å²) < 4.78 is 39.9. The second-order valence-electron chi connectivity index (χ2n) is 9.36. The van der Waals surface area contributed by atoms with Crippen LogP contribution in [0.3, 0.4) is 0 Å². The lowest BCUT2D eigenvalue weighted by Crippen LogP contribution is -2.28. The molecular formula is C25H21ClF3N9O3. The maximum Gasteiger partial charge on any atom is 0.455 e. The molecule has 3 aromatic heterocycles. The lowest BCUT2D eigenvalue weighted by molar-refractivity contribution is -0.145. The number of nitrogens with one attached hydrogen (secondary N) is 2. The summed E-state index contributed by atoms with van der Waals surface area (Å²) in [6.45, 7) is 2.65. The largest absolute Gasteiger partial charge is 0.455 e. The van der Waals surface area contributed by atoms with Gasteiger partial charge in [-0.3, -0.25) is 14.4 Å². The summed E-state index contributed by atoms with van der Waals surface area (Å²) in [7, 11) is 0. The predicted octanol–water partition coefficient (Wildman–Crippen LogP) is 3.63. The number of ketones is 1. The molecule has 212 valence electrons. The first-order chi connectivity index (χ1) is 19.4. The lowest BCUT2D eigenvalue weighted by atomic mass is 10.00. The fourth-order valence-electron chi connectivity index (χ4n) is 3.94. The minimum absolute atomic E-state index is 0.0193. The van der Waals surface area contributed by atoms with Crippen molar-refractivity contribution in [2.45, 2.75) is 45.5 Å². The Kier molecular flexibility index (Phi) is 7.29. The van der Waals surface area contributed by atoms with Gasteiger partial charge in [0, 0.05) is 17.8 Å². The van der Waals surface area contributed by atoms with Crippen LogP contribution in [0.25, 0.3) is 5.82 Å². The van der Waals surface area contributed by atoms with Gasteiger partial charge >= 0.3 is 6.18 Å². The standard InChI is InChI=1S/C25H21ClF3N9O3/c1-12-8-14(13(2)39)9-17(22(40)31-15-5-6-15)20(12)32-23(41)19-10-16(11-37-35-24(33-36-37)25(27,28)29)34-38(19)21-18(26)4-3-7-30-21/h3-4,7-10,15H,5-6,11H2,1-2H3,(H,31,40)(H,32,41). The number of Topliss-reactive ketones (excluding diaryl/α,β-unsaturated/α-hetero) is 1. The van der Waals surface area contributed by atoms with Crippen LogP contribution in [-0.2, 0) is 12.7 Å². The molecule has 4 aromatic rings. The fraction of sp³-hybridized carbons (Fsp3) is 0.280. The van der Waals surface area contributed by atoms with E-state index in [1.54, 1.807) is 19.1 Å². The van der Waals surface area contributed by atoms with Crippen LogP contribution < -0.4 is 10.6 Å². The van der Waals surface area contributed by atoms with Gasteiger partial charge in [-0.1, -0.05) is 11.6 Å². The highest BCUT2D eigenvalue weighted by molar-refractivity contribution is 6.32. The molecular weight excluding hydrogens is 567 g/mol. The molecule has 0 aliphatic heterocycles. The number of halogens is 4. The van der Waals surface area contributed by atoms with Gasteiger partial charge in [-0.15, -0.1) is 10.2 Å². The molecule has 0 atom stereocenters. The Labute approximate surface area is 234 Å².